The second-order valence-electron chi connectivity index (χ2n) is 6.18. The fourth-order valence-electron chi connectivity index (χ4n) is 3.13. The minimum Gasteiger partial charge on any atom is -0.387 e. The average molecular weight is 393 g/mol. The van der Waals surface area contributed by atoms with Gasteiger partial charge in [0, 0.05) is 10.0 Å². The number of halogens is 2. The maximum Gasteiger partial charge on any atom is 0.325 e. The first-order valence-corrected chi connectivity index (χ1v) is 8.96. The summed E-state index contributed by atoms with van der Waals surface area (Å²) in [5, 5.41) is 14.3. The van der Waals surface area contributed by atoms with Crippen LogP contribution in [-0.2, 0) is 10.3 Å². The monoisotopic (exact) mass is 392 g/mol. The molecule has 5 nitrogen and oxygen atoms in total. The molecule has 3 amide bonds. The molecule has 2 aromatic rings. The van der Waals surface area contributed by atoms with E-state index in [0.717, 1.165) is 4.90 Å². The van der Waals surface area contributed by atoms with Gasteiger partial charge in [0.1, 0.15) is 5.54 Å². The number of imide groups is 1. The Balaban J connectivity index is 1.85. The lowest BCUT2D eigenvalue weighted by Crippen LogP contribution is -2.43. The summed E-state index contributed by atoms with van der Waals surface area (Å²) < 4.78 is 0. The van der Waals surface area contributed by atoms with Crippen LogP contribution in [0.4, 0.5) is 4.79 Å². The summed E-state index contributed by atoms with van der Waals surface area (Å²) >= 11 is 11.8. The molecule has 136 valence electrons. The van der Waals surface area contributed by atoms with Crippen LogP contribution < -0.4 is 5.32 Å². The smallest absolute Gasteiger partial charge is 0.325 e. The van der Waals surface area contributed by atoms with E-state index in [1.807, 2.05) is 6.92 Å². The maximum atomic E-state index is 13.1. The SMILES string of the molecule is CC[C@@]1(c2ccc(Cl)cc2)NC(=O)N(C[C@@H](O)c2ccc(Cl)cc2)C1=O. The molecule has 0 aliphatic carbocycles. The molecule has 2 N–H and O–H groups in total. The molecule has 0 saturated carbocycles. The molecule has 2 atom stereocenters. The molecule has 0 unspecified atom stereocenters. The predicted octanol–water partition coefficient (Wildman–Crippen LogP) is 3.88. The third kappa shape index (κ3) is 3.30. The Hall–Kier alpha value is -2.08. The number of carbonyl (C=O) groups excluding carboxylic acids is 2. The van der Waals surface area contributed by atoms with Crippen molar-refractivity contribution in [2.24, 2.45) is 0 Å². The lowest BCUT2D eigenvalue weighted by atomic mass is 9.87. The van der Waals surface area contributed by atoms with E-state index < -0.39 is 17.7 Å². The highest BCUT2D eigenvalue weighted by Crippen LogP contribution is 2.34. The van der Waals surface area contributed by atoms with E-state index in [-0.39, 0.29) is 12.5 Å². The first-order valence-electron chi connectivity index (χ1n) is 8.21. The number of nitrogens with zero attached hydrogens (tertiary/aromatic N) is 1. The molecular formula is C19H18Cl2N2O3. The number of nitrogens with one attached hydrogen (secondary N) is 1. The van der Waals surface area contributed by atoms with Crippen LogP contribution in [-0.4, -0.2) is 28.5 Å². The van der Waals surface area contributed by atoms with E-state index >= 15 is 0 Å². The van der Waals surface area contributed by atoms with Crippen LogP contribution in [0.25, 0.3) is 0 Å². The molecule has 1 saturated heterocycles. The Labute approximate surface area is 161 Å². The van der Waals surface area contributed by atoms with Crippen LogP contribution in [0.1, 0.15) is 30.6 Å². The van der Waals surface area contributed by atoms with Crippen molar-refractivity contribution in [3.63, 3.8) is 0 Å². The normalized spacial score (nSPS) is 21.0. The van der Waals surface area contributed by atoms with E-state index in [9.17, 15) is 14.7 Å². The number of carbonyl (C=O) groups is 2. The molecule has 1 aliphatic heterocycles. The van der Waals surface area contributed by atoms with Crippen LogP contribution in [0.5, 0.6) is 0 Å². The van der Waals surface area contributed by atoms with Crippen LogP contribution >= 0.6 is 23.2 Å². The topological polar surface area (TPSA) is 69.6 Å². The van der Waals surface area contributed by atoms with Gasteiger partial charge in [-0.05, 0) is 41.8 Å². The minimum absolute atomic E-state index is 0.137. The maximum absolute atomic E-state index is 13.1. The van der Waals surface area contributed by atoms with Crippen LogP contribution in [0.15, 0.2) is 48.5 Å². The number of β-amino-alcohol motifs (C(OH)–C–C–N with tert-alkyl or cyclic N) is 1. The van der Waals surface area contributed by atoms with Gasteiger partial charge in [-0.15, -0.1) is 0 Å². The Kier molecular flexibility index (Phi) is 5.23. The van der Waals surface area contributed by atoms with Gasteiger partial charge < -0.3 is 10.4 Å². The molecule has 0 aromatic heterocycles. The predicted molar refractivity (Wildman–Crippen MR) is 100 cm³/mol. The lowest BCUT2D eigenvalue weighted by Gasteiger charge is -2.26. The molecule has 1 fully saturated rings. The van der Waals surface area contributed by atoms with E-state index in [4.69, 9.17) is 23.2 Å². The molecule has 0 radical (unpaired) electrons. The highest BCUT2D eigenvalue weighted by molar-refractivity contribution is 6.30. The third-order valence-electron chi connectivity index (χ3n) is 4.65. The zero-order valence-electron chi connectivity index (χ0n) is 14.1. The Morgan fingerprint density at radius 2 is 1.58 bits per heavy atom. The van der Waals surface area contributed by atoms with Crippen molar-refractivity contribution in [2.45, 2.75) is 25.0 Å². The van der Waals surface area contributed by atoms with Gasteiger partial charge in [-0.1, -0.05) is 54.4 Å². The molecule has 0 spiro atoms. The van der Waals surface area contributed by atoms with Gasteiger partial charge in [0.05, 0.1) is 12.6 Å². The molecule has 1 heterocycles. The first-order chi connectivity index (χ1) is 12.4. The number of aliphatic hydroxyl groups is 1. The van der Waals surface area contributed by atoms with Gasteiger partial charge in [-0.25, -0.2) is 4.79 Å². The average Bonchev–Trinajstić information content (AvgIpc) is 2.88. The van der Waals surface area contributed by atoms with E-state index in [0.29, 0.717) is 27.6 Å². The number of urea groups is 1. The second-order valence-corrected chi connectivity index (χ2v) is 7.05. The second kappa shape index (κ2) is 7.27. The number of aliphatic hydroxyl groups excluding tert-OH is 1. The summed E-state index contributed by atoms with van der Waals surface area (Å²) in [7, 11) is 0. The lowest BCUT2D eigenvalue weighted by molar-refractivity contribution is -0.132. The van der Waals surface area contributed by atoms with E-state index in [2.05, 4.69) is 5.32 Å². The number of benzene rings is 2. The fourth-order valence-corrected chi connectivity index (χ4v) is 3.38. The molecule has 7 heteroatoms. The Morgan fingerprint density at radius 1 is 1.04 bits per heavy atom. The van der Waals surface area contributed by atoms with E-state index in [1.165, 1.54) is 0 Å². The third-order valence-corrected chi connectivity index (χ3v) is 5.16. The summed E-state index contributed by atoms with van der Waals surface area (Å²) in [6.07, 6.45) is -0.618. The number of amides is 3. The molecule has 26 heavy (non-hydrogen) atoms. The van der Waals surface area contributed by atoms with Crippen molar-refractivity contribution in [3.05, 3.63) is 69.7 Å². The highest BCUT2D eigenvalue weighted by Gasteiger charge is 2.51. The largest absolute Gasteiger partial charge is 0.387 e. The van der Waals surface area contributed by atoms with Gasteiger partial charge >= 0.3 is 6.03 Å². The summed E-state index contributed by atoms with van der Waals surface area (Å²) in [5.41, 5.74) is 0.0863. The van der Waals surface area contributed by atoms with Crippen molar-refractivity contribution in [3.8, 4) is 0 Å². The number of hydrogen-bond donors (Lipinski definition) is 2. The Morgan fingerprint density at radius 3 is 2.12 bits per heavy atom. The quantitative estimate of drug-likeness (QED) is 0.758. The molecule has 1 aliphatic rings. The number of hydrogen-bond acceptors (Lipinski definition) is 3. The van der Waals surface area contributed by atoms with E-state index in [1.54, 1.807) is 48.5 Å². The fraction of sp³-hybridized carbons (Fsp3) is 0.263. The van der Waals surface area contributed by atoms with Gasteiger partial charge in [0.2, 0.25) is 0 Å². The first kappa shape index (κ1) is 18.7. The van der Waals surface area contributed by atoms with Gasteiger partial charge in [0.25, 0.3) is 5.91 Å². The molecular weight excluding hydrogens is 375 g/mol. The van der Waals surface area contributed by atoms with Crippen molar-refractivity contribution >= 4 is 35.1 Å². The summed E-state index contributed by atoms with van der Waals surface area (Å²) in [5.74, 6) is -0.389. The highest BCUT2D eigenvalue weighted by atomic mass is 35.5. The number of rotatable bonds is 5. The van der Waals surface area contributed by atoms with Gasteiger partial charge in [-0.2, -0.15) is 0 Å². The van der Waals surface area contributed by atoms with Crippen LogP contribution in [0.2, 0.25) is 10.0 Å². The Bertz CT molecular complexity index is 824. The van der Waals surface area contributed by atoms with Crippen molar-refractivity contribution in [1.29, 1.82) is 0 Å². The van der Waals surface area contributed by atoms with Crippen molar-refractivity contribution in [2.75, 3.05) is 6.54 Å². The van der Waals surface area contributed by atoms with Crippen molar-refractivity contribution < 1.29 is 14.7 Å². The zero-order valence-corrected chi connectivity index (χ0v) is 15.6. The van der Waals surface area contributed by atoms with Gasteiger partial charge in [-0.3, -0.25) is 9.69 Å². The van der Waals surface area contributed by atoms with Crippen LogP contribution in [0.3, 0.4) is 0 Å². The minimum atomic E-state index is -1.15. The molecule has 2 aromatic carbocycles. The summed E-state index contributed by atoms with van der Waals surface area (Å²) in [4.78, 5) is 26.6. The molecule has 3 rings (SSSR count). The van der Waals surface area contributed by atoms with Gasteiger partial charge in [0.15, 0.2) is 0 Å². The zero-order chi connectivity index (χ0) is 18.9. The standard InChI is InChI=1S/C19H18Cl2N2O3/c1-2-19(13-5-9-15(21)10-6-13)17(25)23(18(26)22-19)11-16(24)12-3-7-14(20)8-4-12/h3-10,16,24H,2,11H2,1H3,(H,22,26)/t16-,19+/m1/s1. The summed E-state index contributed by atoms with van der Waals surface area (Å²) in [6.45, 7) is 1.69. The van der Waals surface area contributed by atoms with Crippen molar-refractivity contribution in [1.82, 2.24) is 10.2 Å². The summed E-state index contributed by atoms with van der Waals surface area (Å²) in [6, 6.07) is 12.9. The van der Waals surface area contributed by atoms with Crippen LogP contribution in [0, 0.1) is 0 Å². The molecule has 0 bridgehead atoms.